The number of rotatable bonds is 3. The number of nitrogens with one attached hydrogen (secondary N) is 1. The van der Waals surface area contributed by atoms with Gasteiger partial charge in [0.2, 0.25) is 0 Å². The molecule has 7 heteroatoms. The second-order valence-corrected chi connectivity index (χ2v) is 7.69. The summed E-state index contributed by atoms with van der Waals surface area (Å²) in [6.07, 6.45) is 3.73. The Morgan fingerprint density at radius 1 is 1.29 bits per heavy atom. The number of carbonyl (C=O) groups excluding carboxylic acids is 1. The van der Waals surface area contributed by atoms with Gasteiger partial charge in [-0.05, 0) is 48.5 Å². The van der Waals surface area contributed by atoms with Crippen LogP contribution < -0.4 is 5.32 Å². The van der Waals surface area contributed by atoms with Crippen LogP contribution in [-0.2, 0) is 11.3 Å². The maximum Gasteiger partial charge on any atom is 0.264 e. The van der Waals surface area contributed by atoms with Crippen LogP contribution in [0.25, 0.3) is 17.0 Å². The zero-order valence-electron chi connectivity index (χ0n) is 14.9. The highest BCUT2D eigenvalue weighted by Gasteiger charge is 2.24. The number of aliphatic imine (C=N–C) groups is 1. The number of amidine groups is 1. The van der Waals surface area contributed by atoms with Crippen molar-refractivity contribution in [3.05, 3.63) is 69.7 Å². The number of amides is 1. The molecule has 3 aromatic rings. The van der Waals surface area contributed by atoms with Crippen LogP contribution in [0.1, 0.15) is 11.1 Å². The summed E-state index contributed by atoms with van der Waals surface area (Å²) in [7, 11) is 0. The van der Waals surface area contributed by atoms with E-state index in [1.165, 1.54) is 11.8 Å². The SMILES string of the molecule is Cc1c(Cl)cccc1N=C1NC(=O)/C(=C\c2cn(CC#N)c3ccccc23)S1. The van der Waals surface area contributed by atoms with E-state index in [4.69, 9.17) is 16.9 Å². The van der Waals surface area contributed by atoms with Gasteiger partial charge in [-0.25, -0.2) is 4.99 Å². The molecule has 0 atom stereocenters. The fourth-order valence-corrected chi connectivity index (χ4v) is 4.04. The van der Waals surface area contributed by atoms with Crippen LogP contribution in [0.3, 0.4) is 0 Å². The number of hydrogen-bond donors (Lipinski definition) is 1. The third-order valence-electron chi connectivity index (χ3n) is 4.46. The predicted molar refractivity (Wildman–Crippen MR) is 115 cm³/mol. The van der Waals surface area contributed by atoms with Gasteiger partial charge in [0.15, 0.2) is 5.17 Å². The van der Waals surface area contributed by atoms with E-state index in [0.717, 1.165) is 27.7 Å². The van der Waals surface area contributed by atoms with Gasteiger partial charge in [0.25, 0.3) is 5.91 Å². The van der Waals surface area contributed by atoms with Crippen molar-refractivity contribution in [2.45, 2.75) is 13.5 Å². The standard InChI is InChI=1S/C21H15ClN4OS/c1-13-16(22)6-4-7-17(13)24-21-25-20(27)19(28-21)11-14-12-26(10-9-23)18-8-3-2-5-15(14)18/h2-8,11-12H,10H2,1H3,(H,24,25,27)/b19-11+. The molecule has 138 valence electrons. The van der Waals surface area contributed by atoms with Crippen molar-refractivity contribution in [3.63, 3.8) is 0 Å². The lowest BCUT2D eigenvalue weighted by Gasteiger charge is -2.02. The highest BCUT2D eigenvalue weighted by molar-refractivity contribution is 8.18. The number of halogens is 1. The molecule has 1 aliphatic rings. The molecule has 1 aliphatic heterocycles. The van der Waals surface area contributed by atoms with Crippen molar-refractivity contribution in [2.75, 3.05) is 0 Å². The molecule has 1 fully saturated rings. The van der Waals surface area contributed by atoms with Crippen molar-refractivity contribution in [1.82, 2.24) is 9.88 Å². The fraction of sp³-hybridized carbons (Fsp3) is 0.0952. The predicted octanol–water partition coefficient (Wildman–Crippen LogP) is 5.02. The molecule has 0 aliphatic carbocycles. The first-order chi connectivity index (χ1) is 13.6. The minimum absolute atomic E-state index is 0.194. The molecule has 0 radical (unpaired) electrons. The number of thioether (sulfide) groups is 1. The second kappa shape index (κ2) is 7.55. The van der Waals surface area contributed by atoms with Gasteiger partial charge in [-0.2, -0.15) is 5.26 Å². The smallest absolute Gasteiger partial charge is 0.264 e. The van der Waals surface area contributed by atoms with E-state index in [2.05, 4.69) is 16.4 Å². The van der Waals surface area contributed by atoms with Crippen LogP contribution in [0.5, 0.6) is 0 Å². The van der Waals surface area contributed by atoms with Crippen molar-refractivity contribution < 1.29 is 4.79 Å². The van der Waals surface area contributed by atoms with Gasteiger partial charge in [0, 0.05) is 27.7 Å². The van der Waals surface area contributed by atoms with Crippen LogP contribution in [-0.4, -0.2) is 15.6 Å². The quantitative estimate of drug-likeness (QED) is 0.621. The number of fused-ring (bicyclic) bond motifs is 1. The lowest BCUT2D eigenvalue weighted by molar-refractivity contribution is -0.115. The molecule has 0 saturated carbocycles. The molecule has 2 aromatic carbocycles. The topological polar surface area (TPSA) is 70.2 Å². The third kappa shape index (κ3) is 3.42. The van der Waals surface area contributed by atoms with Crippen molar-refractivity contribution in [2.24, 2.45) is 4.99 Å². The number of hydrogen-bond acceptors (Lipinski definition) is 4. The number of para-hydroxylation sites is 1. The first kappa shape index (κ1) is 18.4. The highest BCUT2D eigenvalue weighted by atomic mass is 35.5. The minimum Gasteiger partial charge on any atom is -0.333 e. The Morgan fingerprint density at radius 3 is 2.93 bits per heavy atom. The molecule has 2 heterocycles. The molecular formula is C21H15ClN4OS. The molecule has 4 rings (SSSR count). The monoisotopic (exact) mass is 406 g/mol. The molecule has 1 aromatic heterocycles. The Morgan fingerprint density at radius 2 is 2.11 bits per heavy atom. The highest BCUT2D eigenvalue weighted by Crippen LogP contribution is 2.32. The summed E-state index contributed by atoms with van der Waals surface area (Å²) < 4.78 is 1.88. The fourth-order valence-electron chi connectivity index (χ4n) is 3.05. The van der Waals surface area contributed by atoms with Gasteiger partial charge >= 0.3 is 0 Å². The summed E-state index contributed by atoms with van der Waals surface area (Å²) in [5.41, 5.74) is 3.44. The maximum atomic E-state index is 12.4. The molecule has 1 N–H and O–H groups in total. The van der Waals surface area contributed by atoms with E-state index in [0.29, 0.717) is 15.1 Å². The Kier molecular flexibility index (Phi) is 4.95. The van der Waals surface area contributed by atoms with Crippen LogP contribution in [0, 0.1) is 18.3 Å². The Labute approximate surface area is 171 Å². The van der Waals surface area contributed by atoms with Crippen LogP contribution in [0.2, 0.25) is 5.02 Å². The normalized spacial score (nSPS) is 16.7. The molecule has 1 amide bonds. The number of carbonyl (C=O) groups is 1. The van der Waals surface area contributed by atoms with E-state index in [1.807, 2.05) is 66.2 Å². The Bertz CT molecular complexity index is 1200. The summed E-state index contributed by atoms with van der Waals surface area (Å²) in [5.74, 6) is -0.194. The number of benzene rings is 2. The molecule has 0 spiro atoms. The summed E-state index contributed by atoms with van der Waals surface area (Å²) in [6.45, 7) is 2.15. The number of nitrogens with zero attached hydrogens (tertiary/aromatic N) is 3. The van der Waals surface area contributed by atoms with Gasteiger partial charge in [-0.15, -0.1) is 0 Å². The van der Waals surface area contributed by atoms with Crippen molar-refractivity contribution >= 4 is 57.1 Å². The minimum atomic E-state index is -0.194. The van der Waals surface area contributed by atoms with E-state index in [1.54, 1.807) is 0 Å². The molecule has 0 unspecified atom stereocenters. The summed E-state index contributed by atoms with van der Waals surface area (Å²) in [4.78, 5) is 17.5. The van der Waals surface area contributed by atoms with E-state index in [9.17, 15) is 4.79 Å². The molecule has 0 bridgehead atoms. The van der Waals surface area contributed by atoms with E-state index >= 15 is 0 Å². The van der Waals surface area contributed by atoms with Gasteiger partial charge in [-0.1, -0.05) is 35.9 Å². The number of nitriles is 1. The Balaban J connectivity index is 1.69. The van der Waals surface area contributed by atoms with Crippen LogP contribution >= 0.6 is 23.4 Å². The molecular weight excluding hydrogens is 392 g/mol. The van der Waals surface area contributed by atoms with Gasteiger partial charge in [0.1, 0.15) is 6.54 Å². The van der Waals surface area contributed by atoms with Crippen molar-refractivity contribution in [3.8, 4) is 6.07 Å². The van der Waals surface area contributed by atoms with Gasteiger partial charge < -0.3 is 9.88 Å². The van der Waals surface area contributed by atoms with Crippen LogP contribution in [0.15, 0.2) is 58.6 Å². The maximum absolute atomic E-state index is 12.4. The molecule has 5 nitrogen and oxygen atoms in total. The van der Waals surface area contributed by atoms with Crippen LogP contribution in [0.4, 0.5) is 5.69 Å². The third-order valence-corrected chi connectivity index (χ3v) is 5.78. The summed E-state index contributed by atoms with van der Waals surface area (Å²) >= 11 is 7.43. The largest absolute Gasteiger partial charge is 0.333 e. The molecule has 1 saturated heterocycles. The zero-order chi connectivity index (χ0) is 19.7. The first-order valence-corrected chi connectivity index (χ1v) is 9.76. The average molecular weight is 407 g/mol. The first-order valence-electron chi connectivity index (χ1n) is 8.56. The lowest BCUT2D eigenvalue weighted by atomic mass is 10.1. The average Bonchev–Trinajstić information content (AvgIpc) is 3.20. The Hall–Kier alpha value is -3.01. The van der Waals surface area contributed by atoms with E-state index < -0.39 is 0 Å². The summed E-state index contributed by atoms with van der Waals surface area (Å²) in [5, 5.41) is 14.0. The zero-order valence-corrected chi connectivity index (χ0v) is 16.5. The lowest BCUT2D eigenvalue weighted by Crippen LogP contribution is -2.19. The summed E-state index contributed by atoms with van der Waals surface area (Å²) in [6, 6.07) is 15.5. The molecule has 28 heavy (non-hydrogen) atoms. The van der Waals surface area contributed by atoms with E-state index in [-0.39, 0.29) is 12.5 Å². The number of aromatic nitrogens is 1. The van der Waals surface area contributed by atoms with Gasteiger partial charge in [0.05, 0.1) is 16.7 Å². The van der Waals surface area contributed by atoms with Crippen molar-refractivity contribution in [1.29, 1.82) is 5.26 Å². The van der Waals surface area contributed by atoms with Gasteiger partial charge in [-0.3, -0.25) is 4.79 Å². The second-order valence-electron chi connectivity index (χ2n) is 6.25.